The predicted molar refractivity (Wildman–Crippen MR) is 95.1 cm³/mol. The van der Waals surface area contributed by atoms with Crippen molar-refractivity contribution in [3.05, 3.63) is 65.3 Å². The van der Waals surface area contributed by atoms with Gasteiger partial charge in [0.05, 0.1) is 5.69 Å². The molecule has 24 heavy (non-hydrogen) atoms. The van der Waals surface area contributed by atoms with E-state index in [0.717, 1.165) is 4.31 Å². The van der Waals surface area contributed by atoms with Crippen molar-refractivity contribution >= 4 is 39.8 Å². The minimum absolute atomic E-state index is 0.117. The number of carbonyl (C=O) groups excluding carboxylic acids is 1. The highest BCUT2D eigenvalue weighted by Crippen LogP contribution is 2.25. The van der Waals surface area contributed by atoms with E-state index in [2.05, 4.69) is 5.32 Å². The lowest BCUT2D eigenvalue weighted by molar-refractivity contribution is 0.102. The molecule has 2 aromatic carbocycles. The molecule has 126 valence electrons. The summed E-state index contributed by atoms with van der Waals surface area (Å²) in [5.74, 6) is -0.712. The molecule has 0 heterocycles. The average Bonchev–Trinajstić information content (AvgIpc) is 2.53. The number of halogens is 1. The normalized spacial score (nSPS) is 11.0. The maximum Gasteiger partial charge on any atom is 0.255 e. The van der Waals surface area contributed by atoms with Crippen molar-refractivity contribution < 1.29 is 18.3 Å². The van der Waals surface area contributed by atoms with Crippen LogP contribution in [-0.4, -0.2) is 19.4 Å². The fourth-order valence-corrected chi connectivity index (χ4v) is 2.64. The van der Waals surface area contributed by atoms with Crippen molar-refractivity contribution in [1.29, 1.82) is 0 Å². The van der Waals surface area contributed by atoms with Crippen LogP contribution in [0.1, 0.15) is 17.3 Å². The van der Waals surface area contributed by atoms with Crippen molar-refractivity contribution in [2.45, 2.75) is 6.92 Å². The Morgan fingerprint density at radius 2 is 1.88 bits per heavy atom. The van der Waals surface area contributed by atoms with E-state index >= 15 is 0 Å². The molecule has 0 spiro atoms. The first-order valence-electron chi connectivity index (χ1n) is 6.88. The number of nitrogens with one attached hydrogen (secondary N) is 1. The molecular formula is C16H15ClN2O4S. The standard InChI is InChI=1S/C16H15ClN2O4S/c1-2-7-19(24(22)23)14-8-11(9-15(20)10-14)16(21)18-13-5-3-12(17)4-6-13/h2-10,20,24H,1H3,(H,18,21). The smallest absolute Gasteiger partial charge is 0.255 e. The Morgan fingerprint density at radius 3 is 2.46 bits per heavy atom. The Hall–Kier alpha value is -2.51. The molecule has 0 atom stereocenters. The monoisotopic (exact) mass is 366 g/mol. The number of hydrogen-bond acceptors (Lipinski definition) is 4. The second-order valence-corrected chi connectivity index (χ2v) is 6.11. The van der Waals surface area contributed by atoms with Gasteiger partial charge in [-0.1, -0.05) is 17.7 Å². The summed E-state index contributed by atoms with van der Waals surface area (Å²) in [6, 6.07) is 10.4. The van der Waals surface area contributed by atoms with Crippen LogP contribution < -0.4 is 9.62 Å². The molecule has 0 aliphatic heterocycles. The highest BCUT2D eigenvalue weighted by molar-refractivity contribution is 7.74. The van der Waals surface area contributed by atoms with E-state index in [9.17, 15) is 18.3 Å². The third kappa shape index (κ3) is 4.50. The van der Waals surface area contributed by atoms with Crippen LogP contribution in [0.15, 0.2) is 54.7 Å². The predicted octanol–water partition coefficient (Wildman–Crippen LogP) is 3.16. The number of hydrogen-bond donors (Lipinski definition) is 3. The number of carbonyl (C=O) groups is 1. The molecular weight excluding hydrogens is 352 g/mol. The topological polar surface area (TPSA) is 86.7 Å². The Balaban J connectivity index is 2.33. The molecule has 0 fully saturated rings. The molecule has 2 aromatic rings. The quantitative estimate of drug-likeness (QED) is 0.709. The summed E-state index contributed by atoms with van der Waals surface area (Å²) in [5.41, 5.74) is 0.797. The molecule has 8 heteroatoms. The van der Waals surface area contributed by atoms with Crippen molar-refractivity contribution in [1.82, 2.24) is 0 Å². The number of nitrogens with zero attached hydrogens (tertiary/aromatic N) is 1. The van der Waals surface area contributed by atoms with E-state index in [4.69, 9.17) is 11.6 Å². The summed E-state index contributed by atoms with van der Waals surface area (Å²) < 4.78 is 23.6. The number of phenols is 1. The lowest BCUT2D eigenvalue weighted by Crippen LogP contribution is -2.16. The third-order valence-corrected chi connectivity index (χ3v) is 3.97. The Bertz CT molecular complexity index is 840. The summed E-state index contributed by atoms with van der Waals surface area (Å²) in [4.78, 5) is 12.3. The van der Waals surface area contributed by atoms with E-state index in [1.54, 1.807) is 31.2 Å². The molecule has 0 aliphatic rings. The molecule has 0 unspecified atom stereocenters. The van der Waals surface area contributed by atoms with Crippen LogP contribution >= 0.6 is 11.6 Å². The minimum Gasteiger partial charge on any atom is -0.508 e. The van der Waals surface area contributed by atoms with Gasteiger partial charge in [0.15, 0.2) is 0 Å². The largest absolute Gasteiger partial charge is 0.508 e. The van der Waals surface area contributed by atoms with Crippen molar-refractivity contribution in [3.8, 4) is 5.75 Å². The maximum atomic E-state index is 12.3. The van der Waals surface area contributed by atoms with Crippen LogP contribution in [0.3, 0.4) is 0 Å². The number of amides is 1. The van der Waals surface area contributed by atoms with Crippen molar-refractivity contribution in [3.63, 3.8) is 0 Å². The summed E-state index contributed by atoms with van der Waals surface area (Å²) >= 11 is 5.79. The Morgan fingerprint density at radius 1 is 1.21 bits per heavy atom. The average molecular weight is 367 g/mol. The molecule has 6 nitrogen and oxygen atoms in total. The van der Waals surface area contributed by atoms with Crippen LogP contribution in [0, 0.1) is 0 Å². The van der Waals surface area contributed by atoms with Crippen LogP contribution in [0.2, 0.25) is 5.02 Å². The first-order chi connectivity index (χ1) is 11.4. The number of phenolic OH excluding ortho intramolecular Hbond substituents is 1. The summed E-state index contributed by atoms with van der Waals surface area (Å²) in [7, 11) is -2.95. The number of anilines is 2. The van der Waals surface area contributed by atoms with Crippen LogP contribution in [0.4, 0.5) is 11.4 Å². The minimum atomic E-state index is -2.95. The fraction of sp³-hybridized carbons (Fsp3) is 0.0625. The van der Waals surface area contributed by atoms with Gasteiger partial charge >= 0.3 is 0 Å². The van der Waals surface area contributed by atoms with E-state index < -0.39 is 16.8 Å². The number of thiol groups is 1. The SMILES string of the molecule is CC=CN(c1cc(O)cc(C(=O)Nc2ccc(Cl)cc2)c1)[SH](=O)=O. The second kappa shape index (κ2) is 7.85. The zero-order chi connectivity index (χ0) is 17.7. The maximum absolute atomic E-state index is 12.3. The molecule has 0 saturated heterocycles. The Kier molecular flexibility index (Phi) is 5.83. The lowest BCUT2D eigenvalue weighted by Gasteiger charge is -2.14. The highest BCUT2D eigenvalue weighted by atomic mass is 35.5. The van der Waals surface area contributed by atoms with Gasteiger partial charge in [0.1, 0.15) is 5.75 Å². The lowest BCUT2D eigenvalue weighted by atomic mass is 10.1. The summed E-state index contributed by atoms with van der Waals surface area (Å²) in [5, 5.41) is 13.0. The molecule has 0 aliphatic carbocycles. The zero-order valence-electron chi connectivity index (χ0n) is 12.6. The van der Waals surface area contributed by atoms with E-state index in [0.29, 0.717) is 10.7 Å². The molecule has 2 N–H and O–H groups in total. The van der Waals surface area contributed by atoms with Crippen LogP contribution in [0.25, 0.3) is 0 Å². The number of benzene rings is 2. The number of aromatic hydroxyl groups is 1. The summed E-state index contributed by atoms with van der Waals surface area (Å²) in [6.07, 6.45) is 2.85. The Labute approximate surface area is 146 Å². The molecule has 2 rings (SSSR count). The van der Waals surface area contributed by atoms with Gasteiger partial charge in [-0.25, -0.2) is 12.7 Å². The first kappa shape index (κ1) is 17.8. The first-order valence-corrected chi connectivity index (χ1v) is 8.39. The second-order valence-electron chi connectivity index (χ2n) is 4.76. The van der Waals surface area contributed by atoms with Crippen molar-refractivity contribution in [2.24, 2.45) is 0 Å². The van der Waals surface area contributed by atoms with Gasteiger partial charge < -0.3 is 10.4 Å². The van der Waals surface area contributed by atoms with Gasteiger partial charge in [0, 0.05) is 28.5 Å². The zero-order valence-corrected chi connectivity index (χ0v) is 14.3. The summed E-state index contributed by atoms with van der Waals surface area (Å²) in [6.45, 7) is 1.66. The van der Waals surface area contributed by atoms with Gasteiger partial charge in [-0.3, -0.25) is 4.79 Å². The van der Waals surface area contributed by atoms with Gasteiger partial charge in [0.25, 0.3) is 5.91 Å². The fourth-order valence-electron chi connectivity index (χ4n) is 1.97. The highest BCUT2D eigenvalue weighted by Gasteiger charge is 2.13. The molecule has 0 bridgehead atoms. The van der Waals surface area contributed by atoms with Crippen molar-refractivity contribution in [2.75, 3.05) is 9.62 Å². The number of rotatable bonds is 5. The molecule has 0 radical (unpaired) electrons. The van der Waals surface area contributed by atoms with Gasteiger partial charge in [-0.05, 0) is 43.3 Å². The molecule has 1 amide bonds. The van der Waals surface area contributed by atoms with Crippen LogP contribution in [0.5, 0.6) is 5.75 Å². The van der Waals surface area contributed by atoms with Gasteiger partial charge in [-0.15, -0.1) is 0 Å². The van der Waals surface area contributed by atoms with Gasteiger partial charge in [-0.2, -0.15) is 0 Å². The van der Waals surface area contributed by atoms with E-state index in [-0.39, 0.29) is 17.0 Å². The third-order valence-electron chi connectivity index (χ3n) is 3.00. The van der Waals surface area contributed by atoms with E-state index in [1.807, 2.05) is 0 Å². The van der Waals surface area contributed by atoms with E-state index in [1.165, 1.54) is 30.5 Å². The number of allylic oxidation sites excluding steroid dienone is 1. The van der Waals surface area contributed by atoms with Gasteiger partial charge in [0.2, 0.25) is 10.9 Å². The van der Waals surface area contributed by atoms with Crippen LogP contribution in [-0.2, 0) is 10.9 Å². The molecule has 0 aromatic heterocycles. The molecule has 0 saturated carbocycles.